The average Bonchev–Trinajstić information content (AvgIpc) is 3.00. The highest BCUT2D eigenvalue weighted by atomic mass is 16.5. The third-order valence-corrected chi connectivity index (χ3v) is 4.45. The molecule has 5 heteroatoms. The molecule has 2 unspecified atom stereocenters. The summed E-state index contributed by atoms with van der Waals surface area (Å²) in [5.41, 5.74) is 4.47. The minimum Gasteiger partial charge on any atom is -0.372 e. The van der Waals surface area contributed by atoms with Gasteiger partial charge in [0.15, 0.2) is 5.78 Å². The highest BCUT2D eigenvalue weighted by molar-refractivity contribution is 5.75. The van der Waals surface area contributed by atoms with Crippen molar-refractivity contribution in [1.82, 2.24) is 14.7 Å². The van der Waals surface area contributed by atoms with Crippen LogP contribution in [0.4, 0.5) is 0 Å². The van der Waals surface area contributed by atoms with Crippen molar-refractivity contribution in [1.29, 1.82) is 0 Å². The van der Waals surface area contributed by atoms with E-state index in [1.165, 1.54) is 11.3 Å². The Morgan fingerprint density at radius 1 is 1.32 bits per heavy atom. The van der Waals surface area contributed by atoms with Gasteiger partial charge in [0.25, 0.3) is 0 Å². The smallest absolute Gasteiger partial charge is 0.151 e. The first-order chi connectivity index (χ1) is 10.5. The number of carbonyl (C=O) groups excluding carboxylic acids is 1. The Hall–Kier alpha value is -1.62. The Kier molecular flexibility index (Phi) is 4.08. The van der Waals surface area contributed by atoms with Crippen molar-refractivity contribution in [3.63, 3.8) is 0 Å². The van der Waals surface area contributed by atoms with Crippen molar-refractivity contribution in [2.45, 2.75) is 58.8 Å². The molecule has 1 saturated heterocycles. The molecular formula is C17H25N3O2. The van der Waals surface area contributed by atoms with Crippen molar-refractivity contribution < 1.29 is 9.53 Å². The molecule has 1 fully saturated rings. The lowest BCUT2D eigenvalue weighted by atomic mass is 10.1. The summed E-state index contributed by atoms with van der Waals surface area (Å²) < 4.78 is 7.69. The SMILES string of the molecule is C=C(c1nn(CC(C)=O)c2c1CCC2)N1CC(C)OC(C)C1. The van der Waals surface area contributed by atoms with Gasteiger partial charge in [0.05, 0.1) is 24.4 Å². The molecule has 0 radical (unpaired) electrons. The molecule has 0 amide bonds. The highest BCUT2D eigenvalue weighted by Crippen LogP contribution is 2.31. The fourth-order valence-electron chi connectivity index (χ4n) is 3.63. The van der Waals surface area contributed by atoms with E-state index in [1.54, 1.807) is 6.92 Å². The average molecular weight is 303 g/mol. The number of morpholine rings is 1. The number of hydrogen-bond donors (Lipinski definition) is 0. The number of fused-ring (bicyclic) bond motifs is 1. The lowest BCUT2D eigenvalue weighted by Crippen LogP contribution is -2.44. The number of ether oxygens (including phenoxy) is 1. The summed E-state index contributed by atoms with van der Waals surface area (Å²) in [6.07, 6.45) is 3.60. The lowest BCUT2D eigenvalue weighted by molar-refractivity contribution is -0.117. The van der Waals surface area contributed by atoms with Gasteiger partial charge in [-0.1, -0.05) is 6.58 Å². The monoisotopic (exact) mass is 303 g/mol. The second-order valence-electron chi connectivity index (χ2n) is 6.60. The number of hydrogen-bond acceptors (Lipinski definition) is 4. The fraction of sp³-hybridized carbons (Fsp3) is 0.647. The van der Waals surface area contributed by atoms with E-state index in [9.17, 15) is 4.79 Å². The molecule has 22 heavy (non-hydrogen) atoms. The largest absolute Gasteiger partial charge is 0.372 e. The zero-order valence-electron chi connectivity index (χ0n) is 13.8. The molecule has 3 rings (SSSR count). The van der Waals surface area contributed by atoms with Crippen LogP contribution >= 0.6 is 0 Å². The molecule has 0 aromatic carbocycles. The van der Waals surface area contributed by atoms with E-state index >= 15 is 0 Å². The first-order valence-corrected chi connectivity index (χ1v) is 8.13. The number of carbonyl (C=O) groups is 1. The van der Waals surface area contributed by atoms with E-state index < -0.39 is 0 Å². The third kappa shape index (κ3) is 2.82. The molecule has 1 aromatic rings. The minimum absolute atomic E-state index is 0.142. The van der Waals surface area contributed by atoms with Crippen LogP contribution in [0.2, 0.25) is 0 Å². The molecule has 0 saturated carbocycles. The topological polar surface area (TPSA) is 47.4 Å². The third-order valence-electron chi connectivity index (χ3n) is 4.45. The van der Waals surface area contributed by atoms with Gasteiger partial charge in [0.1, 0.15) is 5.69 Å². The van der Waals surface area contributed by atoms with E-state index in [1.807, 2.05) is 4.68 Å². The first-order valence-electron chi connectivity index (χ1n) is 8.13. The van der Waals surface area contributed by atoms with Gasteiger partial charge in [-0.15, -0.1) is 0 Å². The van der Waals surface area contributed by atoms with Gasteiger partial charge in [-0.05, 0) is 40.0 Å². The summed E-state index contributed by atoms with van der Waals surface area (Å²) in [5.74, 6) is 0.142. The van der Waals surface area contributed by atoms with Gasteiger partial charge in [0, 0.05) is 24.3 Å². The normalized spacial score (nSPS) is 24.4. The molecule has 2 atom stereocenters. The van der Waals surface area contributed by atoms with Crippen LogP contribution in [-0.2, 0) is 28.9 Å². The summed E-state index contributed by atoms with van der Waals surface area (Å²) in [6.45, 7) is 12.2. The molecule has 2 heterocycles. The Balaban J connectivity index is 1.88. The van der Waals surface area contributed by atoms with Gasteiger partial charge in [-0.25, -0.2) is 0 Å². The van der Waals surface area contributed by atoms with E-state index in [4.69, 9.17) is 9.84 Å². The maximum atomic E-state index is 11.5. The highest BCUT2D eigenvalue weighted by Gasteiger charge is 2.29. The minimum atomic E-state index is 0.142. The number of aromatic nitrogens is 2. The van der Waals surface area contributed by atoms with Crippen LogP contribution in [-0.4, -0.2) is 45.8 Å². The second-order valence-corrected chi connectivity index (χ2v) is 6.60. The lowest BCUT2D eigenvalue weighted by Gasteiger charge is -2.37. The van der Waals surface area contributed by atoms with Crippen LogP contribution < -0.4 is 0 Å². The van der Waals surface area contributed by atoms with E-state index in [0.717, 1.165) is 43.7 Å². The fourth-order valence-corrected chi connectivity index (χ4v) is 3.63. The molecule has 1 aromatic heterocycles. The van der Waals surface area contributed by atoms with Crippen LogP contribution in [0, 0.1) is 0 Å². The second kappa shape index (κ2) is 5.88. The Morgan fingerprint density at radius 3 is 2.64 bits per heavy atom. The quantitative estimate of drug-likeness (QED) is 0.854. The van der Waals surface area contributed by atoms with E-state index in [2.05, 4.69) is 25.3 Å². The van der Waals surface area contributed by atoms with Gasteiger partial charge < -0.3 is 9.64 Å². The van der Waals surface area contributed by atoms with Gasteiger partial charge >= 0.3 is 0 Å². The summed E-state index contributed by atoms with van der Waals surface area (Å²) in [7, 11) is 0. The molecule has 5 nitrogen and oxygen atoms in total. The van der Waals surface area contributed by atoms with Gasteiger partial charge in [-0.2, -0.15) is 5.10 Å². The van der Waals surface area contributed by atoms with Crippen molar-refractivity contribution >= 4 is 11.5 Å². The standard InChI is InChI=1S/C17H25N3O2/c1-11(21)8-20-16-7-5-6-15(16)17(18-20)14(4)19-9-12(2)22-13(3)10-19/h12-13H,4-10H2,1-3H3. The van der Waals surface area contributed by atoms with Crippen molar-refractivity contribution in [2.24, 2.45) is 0 Å². The zero-order chi connectivity index (χ0) is 15.9. The molecule has 0 bridgehead atoms. The van der Waals surface area contributed by atoms with Crippen LogP contribution in [0.25, 0.3) is 5.70 Å². The maximum Gasteiger partial charge on any atom is 0.151 e. The van der Waals surface area contributed by atoms with Crippen molar-refractivity contribution in [2.75, 3.05) is 13.1 Å². The van der Waals surface area contributed by atoms with Gasteiger partial charge in [0.2, 0.25) is 0 Å². The van der Waals surface area contributed by atoms with Crippen molar-refractivity contribution in [3.05, 3.63) is 23.5 Å². The summed E-state index contributed by atoms with van der Waals surface area (Å²) >= 11 is 0. The Bertz CT molecular complexity index is 595. The van der Waals surface area contributed by atoms with Crippen LogP contribution in [0.15, 0.2) is 6.58 Å². The molecule has 0 spiro atoms. The number of ketones is 1. The van der Waals surface area contributed by atoms with Gasteiger partial charge in [-0.3, -0.25) is 9.48 Å². The van der Waals surface area contributed by atoms with Crippen LogP contribution in [0.3, 0.4) is 0 Å². The van der Waals surface area contributed by atoms with Crippen molar-refractivity contribution in [3.8, 4) is 0 Å². The maximum absolute atomic E-state index is 11.5. The Labute approximate surface area is 131 Å². The van der Waals surface area contributed by atoms with E-state index in [-0.39, 0.29) is 18.0 Å². The molecule has 1 aliphatic carbocycles. The molecule has 120 valence electrons. The number of rotatable bonds is 4. The number of Topliss-reactive ketones (excluding diaryl/α,β-unsaturated/α-hetero) is 1. The summed E-state index contributed by atoms with van der Waals surface area (Å²) in [4.78, 5) is 13.7. The molecule has 2 aliphatic rings. The van der Waals surface area contributed by atoms with E-state index in [0.29, 0.717) is 6.54 Å². The predicted octanol–water partition coefficient (Wildman–Crippen LogP) is 2.04. The Morgan fingerprint density at radius 2 is 2.00 bits per heavy atom. The predicted molar refractivity (Wildman–Crippen MR) is 85.5 cm³/mol. The summed E-state index contributed by atoms with van der Waals surface area (Å²) in [6, 6.07) is 0. The molecular weight excluding hydrogens is 278 g/mol. The summed E-state index contributed by atoms with van der Waals surface area (Å²) in [5, 5.41) is 4.71. The van der Waals surface area contributed by atoms with Crippen LogP contribution in [0.5, 0.6) is 0 Å². The molecule has 1 aliphatic heterocycles. The number of nitrogens with zero attached hydrogens (tertiary/aromatic N) is 3. The van der Waals surface area contributed by atoms with Crippen LogP contribution in [0.1, 0.15) is 44.1 Å². The first kappa shape index (κ1) is 15.3. The molecule has 0 N–H and O–H groups in total. The zero-order valence-corrected chi connectivity index (χ0v) is 13.8.